The maximum Gasteiger partial charge on any atom is 0.234 e. The Hall–Kier alpha value is -1.95. The first-order chi connectivity index (χ1) is 24.5. The number of carbonyl (C=O) groups is 3. The first-order valence-electron chi connectivity index (χ1n) is 17.4. The van der Waals surface area contributed by atoms with Crippen LogP contribution < -0.4 is 33.6 Å². The van der Waals surface area contributed by atoms with Gasteiger partial charge in [-0.1, -0.05) is 0 Å². The van der Waals surface area contributed by atoms with Crippen LogP contribution in [-0.4, -0.2) is 222 Å². The molecule has 0 atom stereocenters. The lowest BCUT2D eigenvalue weighted by Gasteiger charge is -2.22. The lowest BCUT2D eigenvalue weighted by molar-refractivity contribution is -0.123. The molecular formula is C31H69N9O10. The fraction of sp³-hybridized carbons (Fsp3) is 0.903. The van der Waals surface area contributed by atoms with Gasteiger partial charge in [-0.05, 0) is 0 Å². The number of hydrogen-bond donors (Lipinski definition) is 7. The molecule has 0 radical (unpaired) electrons. The first-order valence-corrected chi connectivity index (χ1v) is 17.4. The van der Waals surface area contributed by atoms with Gasteiger partial charge < -0.3 is 71.9 Å². The average Bonchev–Trinajstić information content (AvgIpc) is 3.12. The van der Waals surface area contributed by atoms with E-state index in [0.29, 0.717) is 158 Å². The quantitative estimate of drug-likeness (QED) is 0.0232. The molecule has 298 valence electrons. The van der Waals surface area contributed by atoms with Gasteiger partial charge in [-0.25, -0.2) is 0 Å². The number of aliphatic hydroxyl groups excluding tert-OH is 1. The summed E-state index contributed by atoms with van der Waals surface area (Å²) in [5.41, 5.74) is 21.8. The SMILES string of the molecule is CO.NCCOCCN(CCOCCN)CC(=O)NCCOCCN(CC=O)CCOCCNC(=O)CN(CCOCCN)CCOCCN. The van der Waals surface area contributed by atoms with Crippen LogP contribution in [0.4, 0.5) is 0 Å². The molecule has 0 spiro atoms. The molecule has 0 bridgehead atoms. The van der Waals surface area contributed by atoms with Crippen LogP contribution in [0.5, 0.6) is 0 Å². The van der Waals surface area contributed by atoms with Gasteiger partial charge in [-0.15, -0.1) is 0 Å². The summed E-state index contributed by atoms with van der Waals surface area (Å²) in [5, 5.41) is 12.7. The highest BCUT2D eigenvalue weighted by molar-refractivity contribution is 5.78. The predicted octanol–water partition coefficient (Wildman–Crippen LogP) is -5.13. The monoisotopic (exact) mass is 728 g/mol. The van der Waals surface area contributed by atoms with Crippen molar-refractivity contribution in [1.82, 2.24) is 25.3 Å². The first kappa shape index (κ1) is 50.2. The zero-order valence-corrected chi connectivity index (χ0v) is 30.4. The average molecular weight is 728 g/mol. The zero-order chi connectivity index (χ0) is 37.3. The minimum Gasteiger partial charge on any atom is -0.400 e. The smallest absolute Gasteiger partial charge is 0.234 e. The van der Waals surface area contributed by atoms with E-state index in [-0.39, 0.29) is 31.4 Å². The van der Waals surface area contributed by atoms with E-state index in [1.54, 1.807) is 0 Å². The van der Waals surface area contributed by atoms with E-state index in [1.807, 2.05) is 14.7 Å². The Morgan fingerprint density at radius 1 is 0.500 bits per heavy atom. The van der Waals surface area contributed by atoms with Crippen LogP contribution >= 0.6 is 0 Å². The highest BCUT2D eigenvalue weighted by Crippen LogP contribution is 1.93. The van der Waals surface area contributed by atoms with Gasteiger partial charge in [0.05, 0.1) is 98.9 Å². The Balaban J connectivity index is 0. The second kappa shape index (κ2) is 41.5. The number of rotatable bonds is 38. The van der Waals surface area contributed by atoms with Crippen molar-refractivity contribution < 1.29 is 47.9 Å². The van der Waals surface area contributed by atoms with Crippen LogP contribution in [-0.2, 0) is 42.8 Å². The van der Waals surface area contributed by atoms with Gasteiger partial charge in [-0.2, -0.15) is 0 Å². The number of amides is 2. The molecule has 0 aliphatic carbocycles. The molecule has 19 nitrogen and oxygen atoms in total. The molecule has 0 aromatic rings. The summed E-state index contributed by atoms with van der Waals surface area (Å²) >= 11 is 0. The summed E-state index contributed by atoms with van der Waals surface area (Å²) in [6.45, 7) is 11.9. The Labute approximate surface area is 298 Å². The molecule has 19 heteroatoms. The molecule has 0 saturated carbocycles. The van der Waals surface area contributed by atoms with E-state index in [2.05, 4.69) is 10.6 Å². The number of aldehydes is 1. The van der Waals surface area contributed by atoms with Gasteiger partial charge >= 0.3 is 0 Å². The number of nitrogens with zero attached hydrogens (tertiary/aromatic N) is 3. The van der Waals surface area contributed by atoms with Crippen molar-refractivity contribution in [2.45, 2.75) is 0 Å². The van der Waals surface area contributed by atoms with Gasteiger partial charge in [0.1, 0.15) is 6.29 Å². The van der Waals surface area contributed by atoms with Crippen LogP contribution in [0.15, 0.2) is 0 Å². The van der Waals surface area contributed by atoms with Crippen LogP contribution in [0.2, 0.25) is 0 Å². The maximum atomic E-state index is 12.4. The molecule has 0 rings (SSSR count). The molecule has 0 aliphatic rings. The highest BCUT2D eigenvalue weighted by Gasteiger charge is 2.12. The van der Waals surface area contributed by atoms with E-state index < -0.39 is 0 Å². The summed E-state index contributed by atoms with van der Waals surface area (Å²) in [6.07, 6.45) is 0.836. The fourth-order valence-electron chi connectivity index (χ4n) is 4.09. The topological polar surface area (TPSA) is 265 Å². The van der Waals surface area contributed by atoms with E-state index in [1.165, 1.54) is 0 Å². The second-order valence-corrected chi connectivity index (χ2v) is 10.5. The summed E-state index contributed by atoms with van der Waals surface area (Å²) in [5.74, 6) is -0.240. The third-order valence-corrected chi connectivity index (χ3v) is 6.56. The Kier molecular flexibility index (Phi) is 41.6. The fourth-order valence-corrected chi connectivity index (χ4v) is 4.09. The molecule has 2 amide bonds. The molecule has 0 aromatic carbocycles. The van der Waals surface area contributed by atoms with E-state index in [0.717, 1.165) is 13.4 Å². The van der Waals surface area contributed by atoms with Gasteiger partial charge in [0.15, 0.2) is 0 Å². The van der Waals surface area contributed by atoms with E-state index in [4.69, 9.17) is 56.5 Å². The van der Waals surface area contributed by atoms with Crippen LogP contribution in [0, 0.1) is 0 Å². The predicted molar refractivity (Wildman–Crippen MR) is 191 cm³/mol. The van der Waals surface area contributed by atoms with Crippen molar-refractivity contribution >= 4 is 18.1 Å². The largest absolute Gasteiger partial charge is 0.400 e. The van der Waals surface area contributed by atoms with Crippen molar-refractivity contribution in [1.29, 1.82) is 0 Å². The van der Waals surface area contributed by atoms with Crippen molar-refractivity contribution in [3.8, 4) is 0 Å². The number of carbonyl (C=O) groups excluding carboxylic acids is 3. The summed E-state index contributed by atoms with van der Waals surface area (Å²) in [6, 6.07) is 0. The van der Waals surface area contributed by atoms with Gasteiger partial charge in [-0.3, -0.25) is 24.3 Å². The van der Waals surface area contributed by atoms with Crippen molar-refractivity contribution in [3.05, 3.63) is 0 Å². The molecule has 0 aliphatic heterocycles. The molecule has 11 N–H and O–H groups in total. The normalized spacial score (nSPS) is 11.2. The Morgan fingerprint density at radius 3 is 1.06 bits per heavy atom. The number of ether oxygens (including phenoxy) is 6. The third kappa shape index (κ3) is 35.9. The number of nitrogens with two attached hydrogens (primary N) is 4. The molecule has 50 heavy (non-hydrogen) atoms. The minimum absolute atomic E-state index is 0.120. The maximum absolute atomic E-state index is 12.4. The molecule has 0 fully saturated rings. The van der Waals surface area contributed by atoms with E-state index in [9.17, 15) is 14.4 Å². The summed E-state index contributed by atoms with van der Waals surface area (Å²) in [7, 11) is 1.00. The second-order valence-electron chi connectivity index (χ2n) is 10.5. The van der Waals surface area contributed by atoms with Crippen LogP contribution in [0.25, 0.3) is 0 Å². The number of nitrogens with one attached hydrogen (secondary N) is 2. The standard InChI is InChI=1S/C30H65N9O9.CH4O/c31-1-15-43-23-10-38(11-24-44-16-2-32)27-29(41)35-5-19-47-21-8-37(7-14-40)9-22-48-20-6-36-30(42)28-39(12-25-45-17-3-33)13-26-46-18-4-34;1-2/h14H,1-13,15-28,31-34H2,(H,35,41)(H,36,42);2H,1H3. The molecule has 0 unspecified atom stereocenters. The minimum atomic E-state index is -0.120. The molecule has 0 heterocycles. The van der Waals surface area contributed by atoms with Gasteiger partial charge in [0.25, 0.3) is 0 Å². The lowest BCUT2D eigenvalue weighted by atomic mass is 10.4. The molecular weight excluding hydrogens is 658 g/mol. The zero-order valence-electron chi connectivity index (χ0n) is 30.4. The third-order valence-electron chi connectivity index (χ3n) is 6.56. The van der Waals surface area contributed by atoms with Gasteiger partial charge in [0, 0.05) is 85.6 Å². The van der Waals surface area contributed by atoms with Crippen LogP contribution in [0.1, 0.15) is 0 Å². The van der Waals surface area contributed by atoms with Crippen molar-refractivity contribution in [3.63, 3.8) is 0 Å². The Morgan fingerprint density at radius 2 is 0.780 bits per heavy atom. The van der Waals surface area contributed by atoms with Crippen molar-refractivity contribution in [2.24, 2.45) is 22.9 Å². The highest BCUT2D eigenvalue weighted by atomic mass is 16.5. The summed E-state index contributed by atoms with van der Waals surface area (Å²) in [4.78, 5) is 41.8. The number of hydrogen-bond acceptors (Lipinski definition) is 17. The van der Waals surface area contributed by atoms with Crippen LogP contribution in [0.3, 0.4) is 0 Å². The molecule has 0 saturated heterocycles. The van der Waals surface area contributed by atoms with E-state index >= 15 is 0 Å². The number of aliphatic hydroxyl groups is 1. The summed E-state index contributed by atoms with van der Waals surface area (Å²) < 4.78 is 33.1. The van der Waals surface area contributed by atoms with Gasteiger partial charge in [0.2, 0.25) is 11.8 Å². The lowest BCUT2D eigenvalue weighted by Crippen LogP contribution is -2.41. The Bertz CT molecular complexity index is 673. The van der Waals surface area contributed by atoms with Crippen molar-refractivity contribution in [2.75, 3.05) is 185 Å². The molecule has 0 aromatic heterocycles.